The summed E-state index contributed by atoms with van der Waals surface area (Å²) in [5.41, 5.74) is 3.95. The largest absolute Gasteiger partial charge is 0.451 e. The van der Waals surface area contributed by atoms with Gasteiger partial charge in [-0.25, -0.2) is 4.79 Å². The lowest BCUT2D eigenvalue weighted by atomic mass is 10.1. The van der Waals surface area contributed by atoms with Crippen LogP contribution in [0.5, 0.6) is 0 Å². The third-order valence-corrected chi connectivity index (χ3v) is 4.23. The average Bonchev–Trinajstić information content (AvgIpc) is 2.62. The molecule has 3 rings (SSSR count). The molecule has 0 aliphatic rings. The summed E-state index contributed by atoms with van der Waals surface area (Å²) in [5.74, 6) is -1.20. The Labute approximate surface area is 156 Å². The number of hydrogen-bond acceptors (Lipinski definition) is 4. The highest BCUT2D eigenvalue weighted by Crippen LogP contribution is 2.21. The van der Waals surface area contributed by atoms with Crippen LogP contribution < -0.4 is 10.7 Å². The molecule has 1 aromatic heterocycles. The van der Waals surface area contributed by atoms with Crippen molar-refractivity contribution < 1.29 is 14.3 Å². The van der Waals surface area contributed by atoms with Crippen LogP contribution in [0.3, 0.4) is 0 Å². The summed E-state index contributed by atoms with van der Waals surface area (Å²) in [7, 11) is 0. The number of aromatic nitrogens is 1. The van der Waals surface area contributed by atoms with Crippen molar-refractivity contribution in [2.24, 2.45) is 0 Å². The minimum Gasteiger partial charge on any atom is -0.451 e. The van der Waals surface area contributed by atoms with Gasteiger partial charge in [0.25, 0.3) is 5.91 Å². The highest BCUT2D eigenvalue weighted by Gasteiger charge is 2.14. The number of anilines is 1. The van der Waals surface area contributed by atoms with Crippen molar-refractivity contribution >= 4 is 28.5 Å². The Balaban J connectivity index is 1.69. The van der Waals surface area contributed by atoms with Crippen LogP contribution in [0, 0.1) is 20.8 Å². The van der Waals surface area contributed by atoms with Crippen LogP contribution in [-0.4, -0.2) is 23.5 Å². The number of carbonyl (C=O) groups excluding carboxylic acids is 2. The van der Waals surface area contributed by atoms with Crippen molar-refractivity contribution in [3.63, 3.8) is 0 Å². The Morgan fingerprint density at radius 2 is 1.70 bits per heavy atom. The van der Waals surface area contributed by atoms with E-state index in [4.69, 9.17) is 4.74 Å². The Hall–Kier alpha value is -3.41. The number of H-pyrrole nitrogens is 1. The van der Waals surface area contributed by atoms with Gasteiger partial charge < -0.3 is 15.0 Å². The number of aromatic amines is 1. The number of pyridine rings is 1. The molecule has 0 unspecified atom stereocenters. The van der Waals surface area contributed by atoms with Crippen LogP contribution in [0.2, 0.25) is 0 Å². The van der Waals surface area contributed by atoms with Crippen LogP contribution in [-0.2, 0) is 9.53 Å². The van der Waals surface area contributed by atoms with Crippen molar-refractivity contribution in [1.82, 2.24) is 4.98 Å². The van der Waals surface area contributed by atoms with Gasteiger partial charge in [0.15, 0.2) is 12.0 Å². The molecule has 3 aromatic rings. The minimum atomic E-state index is -0.759. The highest BCUT2D eigenvalue weighted by atomic mass is 16.5. The third kappa shape index (κ3) is 4.06. The van der Waals surface area contributed by atoms with Gasteiger partial charge in [-0.15, -0.1) is 0 Å². The maximum Gasteiger partial charge on any atom is 0.355 e. The maximum absolute atomic E-state index is 12.2. The lowest BCUT2D eigenvalue weighted by molar-refractivity contribution is -0.119. The Morgan fingerprint density at radius 3 is 2.41 bits per heavy atom. The topological polar surface area (TPSA) is 88.3 Å². The molecule has 0 saturated heterocycles. The molecule has 0 atom stereocenters. The minimum absolute atomic E-state index is 0.00852. The summed E-state index contributed by atoms with van der Waals surface area (Å²) in [6.07, 6.45) is 0. The number of benzene rings is 2. The summed E-state index contributed by atoms with van der Waals surface area (Å²) in [6, 6.07) is 12.0. The fourth-order valence-electron chi connectivity index (χ4n) is 3.07. The van der Waals surface area contributed by atoms with Gasteiger partial charge >= 0.3 is 5.97 Å². The molecular weight excluding hydrogens is 344 g/mol. The lowest BCUT2D eigenvalue weighted by Gasteiger charge is -2.13. The SMILES string of the molecule is Cc1cc(C)c(NC(=O)COC(=O)c2cc(=O)c3ccccc3[nH]2)c(C)c1. The molecule has 0 aliphatic heterocycles. The third-order valence-electron chi connectivity index (χ3n) is 4.23. The summed E-state index contributed by atoms with van der Waals surface area (Å²) < 4.78 is 5.05. The van der Waals surface area contributed by atoms with Gasteiger partial charge in [0, 0.05) is 22.7 Å². The van der Waals surface area contributed by atoms with Crippen molar-refractivity contribution in [3.05, 3.63) is 75.1 Å². The fourth-order valence-corrected chi connectivity index (χ4v) is 3.07. The Kier molecular flexibility index (Phi) is 5.07. The lowest BCUT2D eigenvalue weighted by Crippen LogP contribution is -2.23. The van der Waals surface area contributed by atoms with Crippen LogP contribution in [0.15, 0.2) is 47.3 Å². The van der Waals surface area contributed by atoms with E-state index < -0.39 is 18.5 Å². The Bertz CT molecular complexity index is 1080. The van der Waals surface area contributed by atoms with Crippen LogP contribution in [0.4, 0.5) is 5.69 Å². The first-order chi connectivity index (χ1) is 12.8. The molecule has 6 heteroatoms. The standard InChI is InChI=1S/C21H20N2O4/c1-12-8-13(2)20(14(3)9-12)23-19(25)11-27-21(26)17-10-18(24)15-6-4-5-7-16(15)22-17/h4-10H,11H2,1-3H3,(H,22,24)(H,23,25). The molecule has 0 aliphatic carbocycles. The zero-order valence-electron chi connectivity index (χ0n) is 15.4. The second-order valence-corrected chi connectivity index (χ2v) is 6.49. The second kappa shape index (κ2) is 7.45. The smallest absolute Gasteiger partial charge is 0.355 e. The van der Waals surface area contributed by atoms with Crippen LogP contribution in [0.1, 0.15) is 27.2 Å². The first-order valence-electron chi connectivity index (χ1n) is 8.52. The number of hydrogen-bond donors (Lipinski definition) is 2. The van der Waals surface area contributed by atoms with E-state index in [1.807, 2.05) is 32.9 Å². The van der Waals surface area contributed by atoms with Crippen LogP contribution >= 0.6 is 0 Å². The number of esters is 1. The normalized spacial score (nSPS) is 10.6. The molecule has 0 radical (unpaired) electrons. The van der Waals surface area contributed by atoms with E-state index in [0.717, 1.165) is 16.7 Å². The number of para-hydroxylation sites is 1. The quantitative estimate of drug-likeness (QED) is 0.696. The van der Waals surface area contributed by atoms with Crippen molar-refractivity contribution in [2.45, 2.75) is 20.8 Å². The average molecular weight is 364 g/mol. The summed E-state index contributed by atoms with van der Waals surface area (Å²) in [6.45, 7) is 5.35. The summed E-state index contributed by atoms with van der Waals surface area (Å²) in [4.78, 5) is 39.3. The Morgan fingerprint density at radius 1 is 1.04 bits per heavy atom. The zero-order chi connectivity index (χ0) is 19.6. The van der Waals surface area contributed by atoms with Gasteiger partial charge in [-0.1, -0.05) is 29.8 Å². The number of carbonyl (C=O) groups is 2. The predicted molar refractivity (Wildman–Crippen MR) is 104 cm³/mol. The van der Waals surface area contributed by atoms with E-state index in [0.29, 0.717) is 16.6 Å². The van der Waals surface area contributed by atoms with E-state index in [1.165, 1.54) is 6.07 Å². The van der Waals surface area contributed by atoms with Crippen LogP contribution in [0.25, 0.3) is 10.9 Å². The highest BCUT2D eigenvalue weighted by molar-refractivity contribution is 5.96. The molecule has 0 bridgehead atoms. The molecule has 27 heavy (non-hydrogen) atoms. The van der Waals surface area contributed by atoms with Crippen molar-refractivity contribution in [1.29, 1.82) is 0 Å². The molecule has 2 N–H and O–H groups in total. The van der Waals surface area contributed by atoms with Gasteiger partial charge in [-0.05, 0) is 44.0 Å². The van der Waals surface area contributed by atoms with Gasteiger partial charge in [0.05, 0.1) is 0 Å². The number of aryl methyl sites for hydroxylation is 3. The molecule has 2 aromatic carbocycles. The second-order valence-electron chi connectivity index (χ2n) is 6.49. The zero-order valence-corrected chi connectivity index (χ0v) is 15.4. The van der Waals surface area contributed by atoms with E-state index in [-0.39, 0.29) is 11.1 Å². The molecule has 1 amide bonds. The fraction of sp³-hybridized carbons (Fsp3) is 0.190. The van der Waals surface area contributed by atoms with E-state index in [1.54, 1.807) is 24.3 Å². The number of ether oxygens (including phenoxy) is 1. The molecule has 138 valence electrons. The first kappa shape index (κ1) is 18.4. The number of nitrogens with one attached hydrogen (secondary N) is 2. The number of amides is 1. The molecule has 0 saturated carbocycles. The number of rotatable bonds is 4. The van der Waals surface area contributed by atoms with Gasteiger partial charge in [-0.3, -0.25) is 9.59 Å². The van der Waals surface area contributed by atoms with Crippen molar-refractivity contribution in [3.8, 4) is 0 Å². The maximum atomic E-state index is 12.2. The number of fused-ring (bicyclic) bond motifs is 1. The van der Waals surface area contributed by atoms with E-state index in [2.05, 4.69) is 10.3 Å². The van der Waals surface area contributed by atoms with Gasteiger partial charge in [0.2, 0.25) is 0 Å². The summed E-state index contributed by atoms with van der Waals surface area (Å²) in [5, 5.41) is 3.25. The summed E-state index contributed by atoms with van der Waals surface area (Å²) >= 11 is 0. The van der Waals surface area contributed by atoms with E-state index >= 15 is 0 Å². The van der Waals surface area contributed by atoms with Crippen molar-refractivity contribution in [2.75, 3.05) is 11.9 Å². The van der Waals surface area contributed by atoms with Gasteiger partial charge in [0.1, 0.15) is 5.69 Å². The molecular formula is C21H20N2O4. The molecule has 6 nitrogen and oxygen atoms in total. The predicted octanol–water partition coefficient (Wildman–Crippen LogP) is 3.25. The van der Waals surface area contributed by atoms with Gasteiger partial charge in [-0.2, -0.15) is 0 Å². The first-order valence-corrected chi connectivity index (χ1v) is 8.52. The monoisotopic (exact) mass is 364 g/mol. The molecule has 0 fully saturated rings. The molecule has 0 spiro atoms. The molecule has 1 heterocycles. The van der Waals surface area contributed by atoms with E-state index in [9.17, 15) is 14.4 Å².